The van der Waals surface area contributed by atoms with Crippen molar-refractivity contribution in [1.82, 2.24) is 19.7 Å². The van der Waals surface area contributed by atoms with Gasteiger partial charge in [0.15, 0.2) is 5.69 Å². The van der Waals surface area contributed by atoms with Gasteiger partial charge >= 0.3 is 0 Å². The predicted octanol–water partition coefficient (Wildman–Crippen LogP) is 6.07. The van der Waals surface area contributed by atoms with Crippen LogP contribution >= 0.6 is 11.3 Å². The van der Waals surface area contributed by atoms with Crippen LogP contribution in [0.15, 0.2) is 42.5 Å². The van der Waals surface area contributed by atoms with Gasteiger partial charge in [-0.25, -0.2) is 9.67 Å². The average Bonchev–Trinajstić information content (AvgIpc) is 3.55. The third-order valence-corrected chi connectivity index (χ3v) is 7.77. The zero-order valence-corrected chi connectivity index (χ0v) is 21.1. The summed E-state index contributed by atoms with van der Waals surface area (Å²) in [7, 11) is 1.67. The van der Waals surface area contributed by atoms with Crippen molar-refractivity contribution in [2.24, 2.45) is 5.92 Å². The number of ether oxygens (including phenoxy) is 1. The van der Waals surface area contributed by atoms with E-state index < -0.39 is 0 Å². The molecule has 34 heavy (non-hydrogen) atoms. The molecule has 7 heteroatoms. The number of nitrogens with zero attached hydrogens (tertiary/aromatic N) is 4. The van der Waals surface area contributed by atoms with E-state index in [9.17, 15) is 4.79 Å². The van der Waals surface area contributed by atoms with Gasteiger partial charge in [-0.3, -0.25) is 4.79 Å². The van der Waals surface area contributed by atoms with E-state index in [1.165, 1.54) is 4.88 Å². The first-order chi connectivity index (χ1) is 16.4. The molecule has 0 spiro atoms. The molecule has 0 radical (unpaired) electrons. The highest BCUT2D eigenvalue weighted by atomic mass is 32.1. The highest BCUT2D eigenvalue weighted by Crippen LogP contribution is 2.37. The zero-order valence-electron chi connectivity index (χ0n) is 20.3. The Morgan fingerprint density at radius 3 is 2.74 bits per heavy atom. The molecule has 1 aliphatic rings. The molecule has 6 nitrogen and oxygen atoms in total. The Hall–Kier alpha value is -3.19. The van der Waals surface area contributed by atoms with Gasteiger partial charge in [-0.05, 0) is 49.4 Å². The minimum absolute atomic E-state index is 0.00681. The summed E-state index contributed by atoms with van der Waals surface area (Å²) in [6, 6.07) is 14.2. The maximum absolute atomic E-state index is 13.5. The predicted molar refractivity (Wildman–Crippen MR) is 137 cm³/mol. The van der Waals surface area contributed by atoms with E-state index in [-0.39, 0.29) is 5.91 Å². The molecule has 3 heterocycles. The highest BCUT2D eigenvalue weighted by molar-refractivity contribution is 7.14. The number of hydrogen-bond acceptors (Lipinski definition) is 5. The zero-order chi connectivity index (χ0) is 24.0. The molecule has 176 valence electrons. The Morgan fingerprint density at radius 2 is 2.03 bits per heavy atom. The van der Waals surface area contributed by atoms with Crippen molar-refractivity contribution in [3.63, 3.8) is 0 Å². The van der Waals surface area contributed by atoms with Gasteiger partial charge in [-0.2, -0.15) is 5.10 Å². The third-order valence-electron chi connectivity index (χ3n) is 6.44. The van der Waals surface area contributed by atoms with Crippen molar-refractivity contribution < 1.29 is 9.53 Å². The van der Waals surface area contributed by atoms with Gasteiger partial charge in [0.25, 0.3) is 5.91 Å². The molecule has 1 atom stereocenters. The normalized spacial score (nSPS) is 16.1. The van der Waals surface area contributed by atoms with Crippen LogP contribution in [0, 0.1) is 12.8 Å². The van der Waals surface area contributed by atoms with E-state index in [2.05, 4.69) is 39.0 Å². The van der Waals surface area contributed by atoms with Crippen LogP contribution in [0.25, 0.3) is 27.3 Å². The van der Waals surface area contributed by atoms with Gasteiger partial charge < -0.3 is 9.64 Å². The number of methoxy groups -OCH3 is 1. The van der Waals surface area contributed by atoms with Crippen molar-refractivity contribution in [2.75, 3.05) is 20.2 Å². The molecular weight excluding hydrogens is 444 g/mol. The summed E-state index contributed by atoms with van der Waals surface area (Å²) in [5, 5.41) is 6.51. The second-order valence-electron chi connectivity index (χ2n) is 9.52. The maximum atomic E-state index is 13.5. The lowest BCUT2D eigenvalue weighted by Crippen LogP contribution is -2.29. The largest absolute Gasteiger partial charge is 0.497 e. The van der Waals surface area contributed by atoms with Gasteiger partial charge in [0.1, 0.15) is 5.75 Å². The average molecular weight is 475 g/mol. The van der Waals surface area contributed by atoms with Gasteiger partial charge in [0.2, 0.25) is 5.13 Å². The molecule has 0 unspecified atom stereocenters. The molecular formula is C27H30N4O2S. The molecule has 2 aromatic heterocycles. The Morgan fingerprint density at radius 1 is 1.21 bits per heavy atom. The summed E-state index contributed by atoms with van der Waals surface area (Å²) in [6.45, 7) is 10.2. The van der Waals surface area contributed by atoms with Gasteiger partial charge in [-0.1, -0.05) is 55.9 Å². The van der Waals surface area contributed by atoms with Crippen LogP contribution in [-0.2, 0) is 0 Å². The van der Waals surface area contributed by atoms with E-state index in [1.807, 2.05) is 40.8 Å². The monoisotopic (exact) mass is 474 g/mol. The van der Waals surface area contributed by atoms with Crippen LogP contribution < -0.4 is 4.74 Å². The Balaban J connectivity index is 1.65. The lowest BCUT2D eigenvalue weighted by atomic mass is 10.1. The van der Waals surface area contributed by atoms with Crippen molar-refractivity contribution in [3.05, 3.63) is 58.6 Å². The van der Waals surface area contributed by atoms with Crippen molar-refractivity contribution >= 4 is 28.1 Å². The molecule has 0 saturated carbocycles. The fraction of sp³-hybridized carbons (Fsp3) is 0.370. The minimum atomic E-state index is 0.00681. The third kappa shape index (κ3) is 3.98. The summed E-state index contributed by atoms with van der Waals surface area (Å²) >= 11 is 1.63. The Labute approximate surface area is 204 Å². The second-order valence-corrected chi connectivity index (χ2v) is 10.5. The SMILES string of the molecule is COc1cccc(-c2nc(-n3nc(C(=O)N4CC[C@@H](C)C4)c4cc(C)ccc43)sc2C(C)C)c1. The standard InChI is InChI=1S/C27H30N4O2S/c1-16(2)25-23(19-7-6-8-20(14-19)33-5)28-27(34-25)31-22-10-9-17(3)13-21(22)24(29-31)26(32)30-12-11-18(4)15-30/h6-10,13-14,16,18H,11-12,15H2,1-5H3/t18-/m1/s1. The second kappa shape index (κ2) is 8.87. The number of aromatic nitrogens is 3. The van der Waals surface area contributed by atoms with E-state index in [1.54, 1.807) is 18.4 Å². The lowest BCUT2D eigenvalue weighted by molar-refractivity contribution is 0.0783. The number of rotatable bonds is 5. The molecule has 0 N–H and O–H groups in total. The number of fused-ring (bicyclic) bond motifs is 1. The molecule has 5 rings (SSSR count). The van der Waals surface area contributed by atoms with E-state index in [4.69, 9.17) is 14.8 Å². The summed E-state index contributed by atoms with van der Waals surface area (Å²) in [5.41, 5.74) is 4.47. The first kappa shape index (κ1) is 22.6. The molecule has 2 aromatic carbocycles. The molecule has 0 aliphatic carbocycles. The number of carbonyl (C=O) groups excluding carboxylic acids is 1. The molecule has 1 aliphatic heterocycles. The van der Waals surface area contributed by atoms with Crippen LogP contribution in [0.5, 0.6) is 5.75 Å². The number of hydrogen-bond donors (Lipinski definition) is 0. The maximum Gasteiger partial charge on any atom is 0.275 e. The minimum Gasteiger partial charge on any atom is -0.497 e. The summed E-state index contributed by atoms with van der Waals surface area (Å²) in [5.74, 6) is 1.63. The topological polar surface area (TPSA) is 60.2 Å². The van der Waals surface area contributed by atoms with Crippen molar-refractivity contribution in [1.29, 1.82) is 0 Å². The number of benzene rings is 2. The fourth-order valence-electron chi connectivity index (χ4n) is 4.58. The molecule has 1 saturated heterocycles. The quantitative estimate of drug-likeness (QED) is 0.352. The van der Waals surface area contributed by atoms with Gasteiger partial charge in [0.05, 0.1) is 18.3 Å². The van der Waals surface area contributed by atoms with E-state index in [0.29, 0.717) is 17.5 Å². The summed E-state index contributed by atoms with van der Waals surface area (Å²) in [4.78, 5) is 21.6. The number of likely N-dealkylation sites (tertiary alicyclic amines) is 1. The smallest absolute Gasteiger partial charge is 0.275 e. The number of thiazole rings is 1. The molecule has 1 amide bonds. The summed E-state index contributed by atoms with van der Waals surface area (Å²) in [6.07, 6.45) is 1.04. The molecule has 0 bridgehead atoms. The first-order valence-corrected chi connectivity index (χ1v) is 12.6. The lowest BCUT2D eigenvalue weighted by Gasteiger charge is -2.14. The van der Waals surface area contributed by atoms with E-state index >= 15 is 0 Å². The van der Waals surface area contributed by atoms with Crippen molar-refractivity contribution in [2.45, 2.75) is 40.0 Å². The van der Waals surface area contributed by atoms with Crippen LogP contribution in [0.2, 0.25) is 0 Å². The number of amides is 1. The molecule has 4 aromatic rings. The van der Waals surface area contributed by atoms with Crippen LogP contribution in [0.3, 0.4) is 0 Å². The van der Waals surface area contributed by atoms with Crippen LogP contribution in [-0.4, -0.2) is 45.8 Å². The Kier molecular flexibility index (Phi) is 5.90. The van der Waals surface area contributed by atoms with Gasteiger partial charge in [0, 0.05) is 28.9 Å². The van der Waals surface area contributed by atoms with Crippen LogP contribution in [0.1, 0.15) is 54.0 Å². The van der Waals surface area contributed by atoms with Gasteiger partial charge in [-0.15, -0.1) is 0 Å². The van der Waals surface area contributed by atoms with E-state index in [0.717, 1.165) is 58.1 Å². The highest BCUT2D eigenvalue weighted by Gasteiger charge is 2.29. The van der Waals surface area contributed by atoms with Crippen LogP contribution in [0.4, 0.5) is 0 Å². The number of carbonyl (C=O) groups is 1. The summed E-state index contributed by atoms with van der Waals surface area (Å²) < 4.78 is 7.29. The first-order valence-electron chi connectivity index (χ1n) is 11.8. The number of aryl methyl sites for hydroxylation is 1. The Bertz CT molecular complexity index is 1370. The fourth-order valence-corrected chi connectivity index (χ4v) is 5.64. The molecule has 1 fully saturated rings. The van der Waals surface area contributed by atoms with Crippen molar-refractivity contribution in [3.8, 4) is 22.1 Å².